The van der Waals surface area contributed by atoms with E-state index in [4.69, 9.17) is 9.84 Å². The zero-order chi connectivity index (χ0) is 27.2. The highest BCUT2D eigenvalue weighted by Crippen LogP contribution is 2.33. The van der Waals surface area contributed by atoms with Crippen LogP contribution in [-0.2, 0) is 4.79 Å². The van der Waals surface area contributed by atoms with Gasteiger partial charge in [0.05, 0.1) is 24.2 Å². The van der Waals surface area contributed by atoms with Gasteiger partial charge in [-0.3, -0.25) is 4.79 Å². The molecule has 3 amide bonds. The van der Waals surface area contributed by atoms with Crippen molar-refractivity contribution in [1.82, 2.24) is 14.7 Å². The molecule has 0 aliphatic heterocycles. The van der Waals surface area contributed by atoms with Crippen molar-refractivity contribution < 1.29 is 18.7 Å². The van der Waals surface area contributed by atoms with E-state index >= 15 is 0 Å². The summed E-state index contributed by atoms with van der Waals surface area (Å²) in [5.41, 5.74) is 3.15. The minimum Gasteiger partial charge on any atom is -0.497 e. The van der Waals surface area contributed by atoms with E-state index in [0.717, 1.165) is 22.5 Å². The fourth-order valence-electron chi connectivity index (χ4n) is 4.07. The van der Waals surface area contributed by atoms with Crippen LogP contribution in [0.4, 0.5) is 20.7 Å². The molecule has 2 N–H and O–H groups in total. The number of hydrogen-bond donors (Lipinski definition) is 2. The third kappa shape index (κ3) is 5.83. The Hall–Kier alpha value is -4.66. The number of carbonyl (C=O) groups excluding carboxylic acids is 2. The third-order valence-corrected chi connectivity index (χ3v) is 6.01. The predicted molar refractivity (Wildman–Crippen MR) is 146 cm³/mol. The monoisotopic (exact) mass is 515 g/mol. The Labute approximate surface area is 221 Å². The highest BCUT2D eigenvalue weighted by Gasteiger charge is 2.24. The molecular weight excluding hydrogens is 485 g/mol. The summed E-state index contributed by atoms with van der Waals surface area (Å²) in [4.78, 5) is 27.7. The first kappa shape index (κ1) is 26.4. The van der Waals surface area contributed by atoms with Gasteiger partial charge in [-0.1, -0.05) is 42.5 Å². The SMILES string of the molecule is COc1ccc(-n2nc(C)c(-c3ccccc3)c2NC(=O)CN(C(=O)Nc2ccccc2F)C(C)C)cc1. The van der Waals surface area contributed by atoms with Crippen molar-refractivity contribution in [3.63, 3.8) is 0 Å². The summed E-state index contributed by atoms with van der Waals surface area (Å²) in [6.07, 6.45) is 0. The van der Waals surface area contributed by atoms with Gasteiger partial charge in [-0.25, -0.2) is 13.9 Å². The Kier molecular flexibility index (Phi) is 8.06. The standard InChI is InChI=1S/C29H30FN5O3/c1-19(2)34(29(37)31-25-13-9-8-12-24(25)30)18-26(36)32-28-27(21-10-6-5-7-11-21)20(3)33-35(28)22-14-16-23(38-4)17-15-22/h5-17,19H,18H2,1-4H3,(H,31,37)(H,32,36). The zero-order valence-corrected chi connectivity index (χ0v) is 21.7. The number of halogens is 1. The second-order valence-electron chi connectivity index (χ2n) is 8.96. The predicted octanol–water partition coefficient (Wildman–Crippen LogP) is 5.88. The lowest BCUT2D eigenvalue weighted by Gasteiger charge is -2.26. The van der Waals surface area contributed by atoms with Crippen molar-refractivity contribution in [2.24, 2.45) is 0 Å². The molecule has 0 unspecified atom stereocenters. The molecule has 0 bridgehead atoms. The van der Waals surface area contributed by atoms with Crippen LogP contribution in [0.1, 0.15) is 19.5 Å². The van der Waals surface area contributed by atoms with Crippen LogP contribution in [-0.4, -0.2) is 46.3 Å². The van der Waals surface area contributed by atoms with Gasteiger partial charge in [0.25, 0.3) is 0 Å². The van der Waals surface area contributed by atoms with Crippen molar-refractivity contribution >= 4 is 23.4 Å². The summed E-state index contributed by atoms with van der Waals surface area (Å²) in [6, 6.07) is 21.9. The quantitative estimate of drug-likeness (QED) is 0.307. The van der Waals surface area contributed by atoms with Gasteiger partial charge < -0.3 is 20.3 Å². The maximum Gasteiger partial charge on any atom is 0.322 e. The number of aromatic nitrogens is 2. The van der Waals surface area contributed by atoms with Gasteiger partial charge >= 0.3 is 6.03 Å². The topological polar surface area (TPSA) is 88.5 Å². The molecule has 0 aliphatic rings. The van der Waals surface area contributed by atoms with Crippen LogP contribution in [0.25, 0.3) is 16.8 Å². The van der Waals surface area contributed by atoms with Crippen LogP contribution in [0, 0.1) is 12.7 Å². The highest BCUT2D eigenvalue weighted by atomic mass is 19.1. The van der Waals surface area contributed by atoms with Gasteiger partial charge in [-0.05, 0) is 62.7 Å². The Morgan fingerprint density at radius 2 is 1.63 bits per heavy atom. The normalized spacial score (nSPS) is 10.8. The summed E-state index contributed by atoms with van der Waals surface area (Å²) in [5.74, 6) is 0.191. The van der Waals surface area contributed by atoms with Gasteiger partial charge in [0.2, 0.25) is 5.91 Å². The number of nitrogens with zero attached hydrogens (tertiary/aromatic N) is 3. The molecule has 3 aromatic carbocycles. The average molecular weight is 516 g/mol. The number of amides is 3. The van der Waals surface area contributed by atoms with Gasteiger partial charge in [-0.15, -0.1) is 0 Å². The van der Waals surface area contributed by atoms with Crippen molar-refractivity contribution in [1.29, 1.82) is 0 Å². The average Bonchev–Trinajstić information content (AvgIpc) is 3.24. The summed E-state index contributed by atoms with van der Waals surface area (Å²) in [6.45, 7) is 5.20. The van der Waals surface area contributed by atoms with Crippen LogP contribution in [0.3, 0.4) is 0 Å². The molecule has 1 aromatic heterocycles. The lowest BCUT2D eigenvalue weighted by Crippen LogP contribution is -2.44. The molecule has 9 heteroatoms. The molecule has 0 spiro atoms. The van der Waals surface area contributed by atoms with Crippen molar-refractivity contribution in [3.05, 3.63) is 90.4 Å². The molecule has 4 aromatic rings. The molecule has 8 nitrogen and oxygen atoms in total. The van der Waals surface area contributed by atoms with E-state index in [0.29, 0.717) is 11.6 Å². The van der Waals surface area contributed by atoms with Crippen molar-refractivity contribution in [3.8, 4) is 22.6 Å². The molecule has 0 radical (unpaired) electrons. The van der Waals surface area contributed by atoms with E-state index in [9.17, 15) is 14.0 Å². The fourth-order valence-corrected chi connectivity index (χ4v) is 4.07. The van der Waals surface area contributed by atoms with Gasteiger partial charge in [0.15, 0.2) is 0 Å². The molecule has 38 heavy (non-hydrogen) atoms. The number of benzene rings is 3. The lowest BCUT2D eigenvalue weighted by molar-refractivity contribution is -0.117. The molecule has 0 saturated heterocycles. The van der Waals surface area contributed by atoms with E-state index in [-0.39, 0.29) is 18.3 Å². The molecule has 4 rings (SSSR count). The third-order valence-electron chi connectivity index (χ3n) is 6.01. The number of methoxy groups -OCH3 is 1. The number of rotatable bonds is 8. The van der Waals surface area contributed by atoms with Gasteiger partial charge in [-0.2, -0.15) is 5.10 Å². The maximum atomic E-state index is 14.1. The zero-order valence-electron chi connectivity index (χ0n) is 21.7. The first-order valence-electron chi connectivity index (χ1n) is 12.2. The molecular formula is C29H30FN5O3. The number of para-hydroxylation sites is 1. The summed E-state index contributed by atoms with van der Waals surface area (Å²) >= 11 is 0. The van der Waals surface area contributed by atoms with Crippen LogP contribution in [0.2, 0.25) is 0 Å². The molecule has 1 heterocycles. The van der Waals surface area contributed by atoms with Crippen LogP contribution in [0.15, 0.2) is 78.9 Å². The second kappa shape index (κ2) is 11.6. The summed E-state index contributed by atoms with van der Waals surface area (Å²) < 4.78 is 21.0. The van der Waals surface area contributed by atoms with Crippen LogP contribution < -0.4 is 15.4 Å². The smallest absolute Gasteiger partial charge is 0.322 e. The number of urea groups is 1. The Morgan fingerprint density at radius 1 is 0.974 bits per heavy atom. The molecule has 0 aliphatic carbocycles. The van der Waals surface area contributed by atoms with Crippen LogP contribution >= 0.6 is 0 Å². The summed E-state index contributed by atoms with van der Waals surface area (Å²) in [7, 11) is 1.59. The van der Waals surface area contributed by atoms with E-state index in [2.05, 4.69) is 10.6 Å². The number of nitrogens with one attached hydrogen (secondary N) is 2. The van der Waals surface area contributed by atoms with E-state index < -0.39 is 17.8 Å². The minimum atomic E-state index is -0.580. The first-order valence-corrected chi connectivity index (χ1v) is 12.2. The van der Waals surface area contributed by atoms with E-state index in [1.54, 1.807) is 31.7 Å². The Bertz CT molecular complexity index is 1420. The van der Waals surface area contributed by atoms with E-state index in [1.807, 2.05) is 61.5 Å². The number of aryl methyl sites for hydroxylation is 1. The van der Waals surface area contributed by atoms with Crippen molar-refractivity contribution in [2.75, 3.05) is 24.3 Å². The number of hydrogen-bond acceptors (Lipinski definition) is 4. The first-order chi connectivity index (χ1) is 18.3. The largest absolute Gasteiger partial charge is 0.497 e. The van der Waals surface area contributed by atoms with E-state index in [1.165, 1.54) is 23.1 Å². The number of ether oxygens (including phenoxy) is 1. The van der Waals surface area contributed by atoms with Crippen molar-refractivity contribution in [2.45, 2.75) is 26.8 Å². The lowest BCUT2D eigenvalue weighted by atomic mass is 10.1. The minimum absolute atomic E-state index is 0.0446. The van der Waals surface area contributed by atoms with Crippen LogP contribution in [0.5, 0.6) is 5.75 Å². The summed E-state index contributed by atoms with van der Waals surface area (Å²) in [5, 5.41) is 10.2. The fraction of sp³-hybridized carbons (Fsp3) is 0.207. The number of anilines is 2. The van der Waals surface area contributed by atoms with Gasteiger partial charge in [0.1, 0.15) is 23.9 Å². The number of carbonyl (C=O) groups is 2. The maximum absolute atomic E-state index is 14.1. The molecule has 0 saturated carbocycles. The molecule has 196 valence electrons. The highest BCUT2D eigenvalue weighted by molar-refractivity contribution is 5.99. The second-order valence-corrected chi connectivity index (χ2v) is 8.96. The molecule has 0 atom stereocenters. The Morgan fingerprint density at radius 3 is 2.26 bits per heavy atom. The Balaban J connectivity index is 1.64. The molecule has 0 fully saturated rings. The van der Waals surface area contributed by atoms with Gasteiger partial charge in [0, 0.05) is 11.6 Å².